The molecule has 3 N–H and O–H groups in total. The summed E-state index contributed by atoms with van der Waals surface area (Å²) in [6.45, 7) is 0. The van der Waals surface area contributed by atoms with Gasteiger partial charge in [-0.3, -0.25) is 4.98 Å². The van der Waals surface area contributed by atoms with Gasteiger partial charge in [0.2, 0.25) is 0 Å². The number of nitrogens with one attached hydrogen (secondary N) is 1. The van der Waals surface area contributed by atoms with E-state index in [1.807, 2.05) is 0 Å². The highest BCUT2D eigenvalue weighted by Crippen LogP contribution is 2.13. The average molecular weight is 223 g/mol. The molecule has 0 amide bonds. The monoisotopic (exact) mass is 223 g/mol. The van der Waals surface area contributed by atoms with Crippen LogP contribution in [0.15, 0.2) is 27.4 Å². The highest BCUT2D eigenvalue weighted by atomic mass is 16.4. The number of hydrogen-bond acceptors (Lipinski definition) is 4. The predicted molar refractivity (Wildman–Crippen MR) is 54.2 cm³/mol. The second-order valence-corrected chi connectivity index (χ2v) is 3.40. The van der Waals surface area contributed by atoms with Gasteiger partial charge < -0.3 is 14.6 Å². The number of hydrogen-bond donors (Lipinski definition) is 3. The number of aromatic amines is 1. The number of benzene rings is 1. The molecule has 1 atom stereocenters. The number of rotatable bonds is 3. The first-order valence-corrected chi connectivity index (χ1v) is 4.59. The standard InChI is InChI=1S/C10H9NO5/c12-7(9(13)14)3-5-1-2-6-8(4-5)16-10(15)11-6/h1-2,4,7,12H,3H2,(H,11,15)(H,13,14). The summed E-state index contributed by atoms with van der Waals surface area (Å²) in [6.07, 6.45) is -1.48. The molecule has 0 aliphatic rings. The molecule has 0 radical (unpaired) electrons. The third-order valence-electron chi connectivity index (χ3n) is 2.20. The van der Waals surface area contributed by atoms with Gasteiger partial charge in [0.15, 0.2) is 11.7 Å². The number of oxazole rings is 1. The maximum Gasteiger partial charge on any atom is 0.417 e. The number of carboxylic acid groups (broad SMARTS) is 1. The van der Waals surface area contributed by atoms with Crippen LogP contribution >= 0.6 is 0 Å². The molecular formula is C10H9NO5. The maximum absolute atomic E-state index is 10.9. The van der Waals surface area contributed by atoms with Crippen LogP contribution in [0.5, 0.6) is 0 Å². The molecule has 6 heteroatoms. The Balaban J connectivity index is 2.32. The third-order valence-corrected chi connectivity index (χ3v) is 2.20. The molecule has 6 nitrogen and oxygen atoms in total. The highest BCUT2D eigenvalue weighted by Gasteiger charge is 2.14. The van der Waals surface area contributed by atoms with Crippen molar-refractivity contribution in [3.05, 3.63) is 34.3 Å². The molecule has 1 unspecified atom stereocenters. The number of fused-ring (bicyclic) bond motifs is 1. The second kappa shape index (κ2) is 3.82. The van der Waals surface area contributed by atoms with Crippen LogP contribution in [0.1, 0.15) is 5.56 Å². The predicted octanol–water partition coefficient (Wildman–Crippen LogP) is 0.109. The van der Waals surface area contributed by atoms with Crippen molar-refractivity contribution in [1.82, 2.24) is 4.98 Å². The van der Waals surface area contributed by atoms with E-state index in [2.05, 4.69) is 4.98 Å². The minimum Gasteiger partial charge on any atom is -0.479 e. The van der Waals surface area contributed by atoms with E-state index in [1.165, 1.54) is 6.07 Å². The van der Waals surface area contributed by atoms with E-state index in [0.29, 0.717) is 16.7 Å². The zero-order chi connectivity index (χ0) is 11.7. The molecule has 0 aliphatic carbocycles. The van der Waals surface area contributed by atoms with Gasteiger partial charge in [-0.15, -0.1) is 0 Å². The number of aliphatic hydroxyl groups excluding tert-OH is 1. The van der Waals surface area contributed by atoms with Gasteiger partial charge in [-0.05, 0) is 17.7 Å². The molecule has 2 aromatic rings. The van der Waals surface area contributed by atoms with E-state index < -0.39 is 17.8 Å². The molecule has 0 spiro atoms. The minimum absolute atomic E-state index is 0.0276. The summed E-state index contributed by atoms with van der Waals surface area (Å²) < 4.78 is 4.81. The molecule has 1 aromatic heterocycles. The summed E-state index contributed by atoms with van der Waals surface area (Å²) in [5, 5.41) is 17.7. The van der Waals surface area contributed by atoms with Crippen molar-refractivity contribution in [1.29, 1.82) is 0 Å². The second-order valence-electron chi connectivity index (χ2n) is 3.40. The molecule has 0 saturated heterocycles. The van der Waals surface area contributed by atoms with Crippen LogP contribution in [0.4, 0.5) is 0 Å². The van der Waals surface area contributed by atoms with Crippen molar-refractivity contribution in [3.63, 3.8) is 0 Å². The Morgan fingerprint density at radius 2 is 2.25 bits per heavy atom. The van der Waals surface area contributed by atoms with E-state index in [-0.39, 0.29) is 6.42 Å². The van der Waals surface area contributed by atoms with Gasteiger partial charge in [0.05, 0.1) is 5.52 Å². The fourth-order valence-corrected chi connectivity index (χ4v) is 1.43. The molecule has 84 valence electrons. The first-order chi connectivity index (χ1) is 7.56. The number of aliphatic hydroxyl groups is 1. The van der Waals surface area contributed by atoms with E-state index in [9.17, 15) is 9.59 Å². The third kappa shape index (κ3) is 1.96. The van der Waals surface area contributed by atoms with Crippen LogP contribution in [0.2, 0.25) is 0 Å². The van der Waals surface area contributed by atoms with Crippen LogP contribution in [-0.4, -0.2) is 27.3 Å². The zero-order valence-electron chi connectivity index (χ0n) is 8.14. The minimum atomic E-state index is -1.46. The van der Waals surface area contributed by atoms with Crippen molar-refractivity contribution in [3.8, 4) is 0 Å². The lowest BCUT2D eigenvalue weighted by molar-refractivity contribution is -0.146. The van der Waals surface area contributed by atoms with Gasteiger partial charge in [-0.1, -0.05) is 6.07 Å². The van der Waals surface area contributed by atoms with Crippen LogP contribution < -0.4 is 5.76 Å². The lowest BCUT2D eigenvalue weighted by atomic mass is 10.1. The van der Waals surface area contributed by atoms with E-state index in [0.717, 1.165) is 0 Å². The summed E-state index contributed by atoms with van der Waals surface area (Å²) >= 11 is 0. The topological polar surface area (TPSA) is 104 Å². The first-order valence-electron chi connectivity index (χ1n) is 4.59. The number of aliphatic carboxylic acids is 1. The Morgan fingerprint density at radius 1 is 1.50 bits per heavy atom. The Bertz CT molecular complexity index is 582. The fraction of sp³-hybridized carbons (Fsp3) is 0.200. The fourth-order valence-electron chi connectivity index (χ4n) is 1.43. The van der Waals surface area contributed by atoms with Crippen LogP contribution in [0, 0.1) is 0 Å². The zero-order valence-corrected chi connectivity index (χ0v) is 8.14. The lowest BCUT2D eigenvalue weighted by Gasteiger charge is -2.04. The van der Waals surface area contributed by atoms with Crippen molar-refractivity contribution >= 4 is 17.1 Å². The largest absolute Gasteiger partial charge is 0.479 e. The summed E-state index contributed by atoms with van der Waals surface area (Å²) in [4.78, 5) is 23.8. The Kier molecular flexibility index (Phi) is 2.49. The first kappa shape index (κ1) is 10.4. The van der Waals surface area contributed by atoms with Crippen molar-refractivity contribution in [2.24, 2.45) is 0 Å². The maximum atomic E-state index is 10.9. The lowest BCUT2D eigenvalue weighted by Crippen LogP contribution is -2.21. The van der Waals surface area contributed by atoms with E-state index in [4.69, 9.17) is 14.6 Å². The summed E-state index contributed by atoms with van der Waals surface area (Å²) in [5.41, 5.74) is 1.48. The average Bonchev–Trinajstić information content (AvgIpc) is 2.57. The quantitative estimate of drug-likeness (QED) is 0.685. The van der Waals surface area contributed by atoms with Gasteiger partial charge in [0, 0.05) is 6.42 Å². The Labute approximate surface area is 89.1 Å². The number of H-pyrrole nitrogens is 1. The molecule has 16 heavy (non-hydrogen) atoms. The van der Waals surface area contributed by atoms with Crippen LogP contribution in [-0.2, 0) is 11.2 Å². The van der Waals surface area contributed by atoms with Gasteiger partial charge in [-0.2, -0.15) is 0 Å². The molecule has 2 rings (SSSR count). The number of carbonyl (C=O) groups is 1. The summed E-state index contributed by atoms with van der Waals surface area (Å²) in [6, 6.07) is 4.75. The van der Waals surface area contributed by atoms with Crippen LogP contribution in [0.25, 0.3) is 11.1 Å². The van der Waals surface area contributed by atoms with Crippen molar-refractivity contribution in [2.75, 3.05) is 0 Å². The Hall–Kier alpha value is -2.08. The van der Waals surface area contributed by atoms with E-state index >= 15 is 0 Å². The molecule has 0 bridgehead atoms. The van der Waals surface area contributed by atoms with Crippen molar-refractivity contribution in [2.45, 2.75) is 12.5 Å². The molecule has 0 saturated carbocycles. The Morgan fingerprint density at radius 3 is 2.94 bits per heavy atom. The van der Waals surface area contributed by atoms with Gasteiger partial charge in [0.1, 0.15) is 0 Å². The van der Waals surface area contributed by atoms with Gasteiger partial charge in [-0.25, -0.2) is 9.59 Å². The van der Waals surface area contributed by atoms with Crippen LogP contribution in [0.3, 0.4) is 0 Å². The summed E-state index contributed by atoms with van der Waals surface area (Å²) in [5.74, 6) is -1.85. The highest BCUT2D eigenvalue weighted by molar-refractivity contribution is 5.74. The van der Waals surface area contributed by atoms with Gasteiger partial charge >= 0.3 is 11.7 Å². The molecular weight excluding hydrogens is 214 g/mol. The molecule has 0 fully saturated rings. The smallest absolute Gasteiger partial charge is 0.417 e. The molecule has 1 aromatic carbocycles. The summed E-state index contributed by atoms with van der Waals surface area (Å²) in [7, 11) is 0. The van der Waals surface area contributed by atoms with Gasteiger partial charge in [0.25, 0.3) is 0 Å². The number of aromatic nitrogens is 1. The van der Waals surface area contributed by atoms with Crippen molar-refractivity contribution < 1.29 is 19.4 Å². The van der Waals surface area contributed by atoms with E-state index in [1.54, 1.807) is 12.1 Å². The number of carboxylic acids is 1. The SMILES string of the molecule is O=C(O)C(O)Cc1ccc2[nH]c(=O)oc2c1. The molecule has 1 heterocycles. The normalized spacial score (nSPS) is 12.8. The molecule has 0 aliphatic heterocycles.